The van der Waals surface area contributed by atoms with Gasteiger partial charge in [-0.25, -0.2) is 8.42 Å². The molecular formula is C13H20BrNO4S. The number of rotatable bonds is 3. The van der Waals surface area contributed by atoms with Crippen molar-refractivity contribution in [2.45, 2.75) is 44.7 Å². The molecule has 3 atom stereocenters. The standard InChI is InChI=1S/C13H20BrNO4S/c1-8-4-9(2)10(3)15(6-8)20(17,18)12-5-11(7-16)19-13(12)14/h5,8-10,16H,4,6-7H2,1-3H3. The van der Waals surface area contributed by atoms with Gasteiger partial charge in [0.25, 0.3) is 0 Å². The predicted molar refractivity (Wildman–Crippen MR) is 78.6 cm³/mol. The summed E-state index contributed by atoms with van der Waals surface area (Å²) >= 11 is 3.13. The van der Waals surface area contributed by atoms with Crippen molar-refractivity contribution in [1.29, 1.82) is 0 Å². The molecule has 0 amide bonds. The molecule has 0 bridgehead atoms. The van der Waals surface area contributed by atoms with E-state index < -0.39 is 10.0 Å². The van der Waals surface area contributed by atoms with Crippen LogP contribution in [0, 0.1) is 11.8 Å². The minimum Gasteiger partial charge on any atom is -0.450 e. The van der Waals surface area contributed by atoms with Crippen LogP contribution in [0.4, 0.5) is 0 Å². The summed E-state index contributed by atoms with van der Waals surface area (Å²) in [6, 6.07) is 1.34. The summed E-state index contributed by atoms with van der Waals surface area (Å²) in [5, 5.41) is 9.06. The van der Waals surface area contributed by atoms with Gasteiger partial charge >= 0.3 is 0 Å². The molecule has 20 heavy (non-hydrogen) atoms. The van der Waals surface area contributed by atoms with Crippen LogP contribution in [0.2, 0.25) is 0 Å². The highest BCUT2D eigenvalue weighted by Crippen LogP contribution is 2.35. The second-order valence-corrected chi connectivity index (χ2v) is 8.22. The molecule has 2 heterocycles. The van der Waals surface area contributed by atoms with E-state index in [1.54, 1.807) is 4.31 Å². The molecule has 1 fully saturated rings. The summed E-state index contributed by atoms with van der Waals surface area (Å²) in [5.41, 5.74) is 0. The van der Waals surface area contributed by atoms with Gasteiger partial charge in [0.1, 0.15) is 17.3 Å². The van der Waals surface area contributed by atoms with Crippen molar-refractivity contribution in [2.75, 3.05) is 6.54 Å². The maximum Gasteiger partial charge on any atom is 0.247 e. The highest BCUT2D eigenvalue weighted by molar-refractivity contribution is 9.10. The molecule has 0 saturated carbocycles. The predicted octanol–water partition coefficient (Wildman–Crippen LogP) is 2.59. The van der Waals surface area contributed by atoms with Crippen LogP contribution >= 0.6 is 15.9 Å². The molecule has 1 saturated heterocycles. The van der Waals surface area contributed by atoms with E-state index in [-0.39, 0.29) is 28.0 Å². The van der Waals surface area contributed by atoms with Crippen LogP contribution in [0.15, 0.2) is 20.0 Å². The van der Waals surface area contributed by atoms with Gasteiger partial charge in [0.05, 0.1) is 0 Å². The van der Waals surface area contributed by atoms with Crippen molar-refractivity contribution in [1.82, 2.24) is 4.31 Å². The van der Waals surface area contributed by atoms with Crippen LogP contribution in [0.3, 0.4) is 0 Å². The van der Waals surface area contributed by atoms with E-state index >= 15 is 0 Å². The van der Waals surface area contributed by atoms with E-state index in [0.717, 1.165) is 6.42 Å². The van der Waals surface area contributed by atoms with Gasteiger partial charge in [0, 0.05) is 18.7 Å². The minimum atomic E-state index is -3.62. The van der Waals surface area contributed by atoms with Gasteiger partial charge in [-0.15, -0.1) is 0 Å². The Hall–Kier alpha value is -0.370. The fourth-order valence-corrected chi connectivity index (χ4v) is 5.57. The Balaban J connectivity index is 2.40. The molecular weight excluding hydrogens is 346 g/mol. The quantitative estimate of drug-likeness (QED) is 0.893. The molecule has 0 spiro atoms. The third kappa shape index (κ3) is 2.81. The lowest BCUT2D eigenvalue weighted by Gasteiger charge is -2.39. The van der Waals surface area contributed by atoms with Crippen LogP contribution < -0.4 is 0 Å². The smallest absolute Gasteiger partial charge is 0.247 e. The molecule has 5 nitrogen and oxygen atoms in total. The first-order valence-corrected chi connectivity index (χ1v) is 8.91. The normalized spacial score (nSPS) is 28.8. The third-order valence-corrected chi connectivity index (χ3v) is 6.80. The number of aliphatic hydroxyl groups excluding tert-OH is 1. The number of hydrogen-bond acceptors (Lipinski definition) is 4. The van der Waals surface area contributed by atoms with Crippen molar-refractivity contribution in [2.24, 2.45) is 11.8 Å². The van der Waals surface area contributed by atoms with E-state index in [1.165, 1.54) is 6.07 Å². The summed E-state index contributed by atoms with van der Waals surface area (Å²) in [7, 11) is -3.62. The third-order valence-electron chi connectivity index (χ3n) is 3.99. The molecule has 1 aliphatic heterocycles. The van der Waals surface area contributed by atoms with Crippen LogP contribution in [-0.2, 0) is 16.6 Å². The van der Waals surface area contributed by atoms with Crippen LogP contribution in [0.25, 0.3) is 0 Å². The van der Waals surface area contributed by atoms with Crippen molar-refractivity contribution >= 4 is 26.0 Å². The van der Waals surface area contributed by atoms with Crippen molar-refractivity contribution in [3.8, 4) is 0 Å². The second-order valence-electron chi connectivity index (χ2n) is 5.64. The fourth-order valence-electron chi connectivity index (χ4n) is 2.76. The summed E-state index contributed by atoms with van der Waals surface area (Å²) < 4.78 is 32.5. The van der Waals surface area contributed by atoms with Crippen LogP contribution in [0.1, 0.15) is 33.0 Å². The molecule has 3 unspecified atom stereocenters. The Morgan fingerprint density at radius 3 is 2.65 bits per heavy atom. The number of piperidine rings is 1. The Bertz CT molecular complexity index is 583. The number of halogens is 1. The molecule has 7 heteroatoms. The first kappa shape index (κ1) is 16.0. The first-order valence-electron chi connectivity index (χ1n) is 6.68. The molecule has 114 valence electrons. The van der Waals surface area contributed by atoms with Gasteiger partial charge in [0.15, 0.2) is 4.67 Å². The lowest BCUT2D eigenvalue weighted by atomic mass is 9.88. The highest BCUT2D eigenvalue weighted by Gasteiger charge is 2.39. The number of aliphatic hydroxyl groups is 1. The van der Waals surface area contributed by atoms with Gasteiger partial charge < -0.3 is 9.52 Å². The Kier molecular flexibility index (Phi) is 4.63. The average molecular weight is 366 g/mol. The number of hydrogen-bond donors (Lipinski definition) is 1. The summed E-state index contributed by atoms with van der Waals surface area (Å²) in [6.45, 7) is 6.27. The summed E-state index contributed by atoms with van der Waals surface area (Å²) in [4.78, 5) is 0.0923. The molecule has 1 N–H and O–H groups in total. The van der Waals surface area contributed by atoms with Gasteiger partial charge in [-0.2, -0.15) is 4.31 Å². The number of furan rings is 1. The van der Waals surface area contributed by atoms with Gasteiger partial charge in [0.2, 0.25) is 10.0 Å². The van der Waals surface area contributed by atoms with Crippen LogP contribution in [-0.4, -0.2) is 30.4 Å². The Morgan fingerprint density at radius 2 is 2.10 bits per heavy atom. The lowest BCUT2D eigenvalue weighted by Crippen LogP contribution is -2.48. The molecule has 0 aromatic carbocycles. The van der Waals surface area contributed by atoms with Gasteiger partial charge in [-0.05, 0) is 41.1 Å². The Labute approximate surface area is 128 Å². The maximum absolute atomic E-state index is 12.8. The van der Waals surface area contributed by atoms with E-state index in [1.807, 2.05) is 6.92 Å². The molecule has 1 aliphatic rings. The van der Waals surface area contributed by atoms with Gasteiger partial charge in [-0.3, -0.25) is 0 Å². The van der Waals surface area contributed by atoms with Crippen molar-refractivity contribution in [3.05, 3.63) is 16.5 Å². The molecule has 1 aromatic rings. The lowest BCUT2D eigenvalue weighted by molar-refractivity contribution is 0.157. The minimum absolute atomic E-state index is 0.0458. The second kappa shape index (κ2) is 5.79. The van der Waals surface area contributed by atoms with E-state index in [9.17, 15) is 8.42 Å². The first-order chi connectivity index (χ1) is 9.27. The van der Waals surface area contributed by atoms with Crippen molar-refractivity contribution < 1.29 is 17.9 Å². The zero-order valence-electron chi connectivity index (χ0n) is 11.8. The van der Waals surface area contributed by atoms with E-state index in [2.05, 4.69) is 29.8 Å². The molecule has 2 rings (SSSR count). The topological polar surface area (TPSA) is 70.8 Å². The molecule has 1 aromatic heterocycles. The van der Waals surface area contributed by atoms with Crippen molar-refractivity contribution in [3.63, 3.8) is 0 Å². The van der Waals surface area contributed by atoms with Crippen LogP contribution in [0.5, 0.6) is 0 Å². The zero-order valence-corrected chi connectivity index (χ0v) is 14.2. The van der Waals surface area contributed by atoms with E-state index in [4.69, 9.17) is 9.52 Å². The summed E-state index contributed by atoms with van der Waals surface area (Å²) in [5.74, 6) is 0.886. The highest BCUT2D eigenvalue weighted by atomic mass is 79.9. The number of sulfonamides is 1. The SMILES string of the molecule is CC1CC(C)C(C)N(S(=O)(=O)c2cc(CO)oc2Br)C1. The number of nitrogens with zero attached hydrogens (tertiary/aromatic N) is 1. The fraction of sp³-hybridized carbons (Fsp3) is 0.692. The van der Waals surface area contributed by atoms with E-state index in [0.29, 0.717) is 18.4 Å². The average Bonchev–Trinajstić information content (AvgIpc) is 2.75. The molecule has 0 radical (unpaired) electrons. The zero-order chi connectivity index (χ0) is 15.1. The molecule has 0 aliphatic carbocycles. The summed E-state index contributed by atoms with van der Waals surface area (Å²) in [6.07, 6.45) is 1.03. The Morgan fingerprint density at radius 1 is 1.45 bits per heavy atom. The van der Waals surface area contributed by atoms with Gasteiger partial charge in [-0.1, -0.05) is 13.8 Å². The maximum atomic E-state index is 12.8. The largest absolute Gasteiger partial charge is 0.450 e. The monoisotopic (exact) mass is 365 g/mol.